The van der Waals surface area contributed by atoms with Crippen LogP contribution in [-0.2, 0) is 0 Å². The molecule has 1 heteroatoms. The zero-order valence-electron chi connectivity index (χ0n) is 17.2. The molecule has 0 saturated heterocycles. The van der Waals surface area contributed by atoms with Gasteiger partial charge in [0.25, 0.3) is 14.1 Å². The second kappa shape index (κ2) is 12.1. The molecule has 0 unspecified atom stereocenters. The van der Waals surface area contributed by atoms with Gasteiger partial charge in [0.05, 0.1) is 0 Å². The smallest absolute Gasteiger partial charge is 0.0936 e. The Bertz CT molecular complexity index is 269. The predicted octanol–water partition coefficient (Wildman–Crippen LogP) is 8.39. The fourth-order valence-electron chi connectivity index (χ4n) is 6.27. The van der Waals surface area contributed by atoms with Crippen molar-refractivity contribution in [1.82, 2.24) is 0 Å². The highest BCUT2D eigenvalue weighted by Crippen LogP contribution is 2.34. The third-order valence-corrected chi connectivity index (χ3v) is 11.6. The standard InChI is InChI=1S/3C8H15.Al/c3*1-2-8-6-4-3-5-7-8;/h3*8H,1-7H2;. The quantitative estimate of drug-likeness (QED) is 0.362. The van der Waals surface area contributed by atoms with Gasteiger partial charge in [-0.1, -0.05) is 131 Å². The summed E-state index contributed by atoms with van der Waals surface area (Å²) in [5.74, 6) is 3.40. The summed E-state index contributed by atoms with van der Waals surface area (Å²) in [4.78, 5) is 0. The fraction of sp³-hybridized carbons (Fsp3) is 1.00. The van der Waals surface area contributed by atoms with Crippen LogP contribution in [0.25, 0.3) is 0 Å². The van der Waals surface area contributed by atoms with Crippen molar-refractivity contribution in [3.8, 4) is 0 Å². The summed E-state index contributed by atoms with van der Waals surface area (Å²) in [5, 5.41) is 5.14. The second-order valence-electron chi connectivity index (χ2n) is 10.1. The third kappa shape index (κ3) is 7.97. The summed E-state index contributed by atoms with van der Waals surface area (Å²) in [6, 6.07) is 0. The van der Waals surface area contributed by atoms with Crippen LogP contribution < -0.4 is 0 Å². The Hall–Kier alpha value is 0.532. The summed E-state index contributed by atoms with van der Waals surface area (Å²) < 4.78 is 0. The van der Waals surface area contributed by atoms with E-state index >= 15 is 0 Å². The number of rotatable bonds is 9. The van der Waals surface area contributed by atoms with Crippen molar-refractivity contribution in [3.05, 3.63) is 0 Å². The van der Waals surface area contributed by atoms with E-state index < -0.39 is 14.1 Å². The first-order valence-corrected chi connectivity index (χ1v) is 14.8. The van der Waals surface area contributed by atoms with Gasteiger partial charge in [0.2, 0.25) is 0 Å². The normalized spacial score (nSPS) is 24.5. The Balaban J connectivity index is 1.39. The molecule has 0 aromatic heterocycles. The van der Waals surface area contributed by atoms with Gasteiger partial charge in [-0.05, 0) is 17.8 Å². The van der Waals surface area contributed by atoms with Crippen LogP contribution in [-0.4, -0.2) is 14.1 Å². The van der Waals surface area contributed by atoms with Crippen molar-refractivity contribution < 1.29 is 0 Å². The van der Waals surface area contributed by atoms with Crippen LogP contribution in [0, 0.1) is 17.8 Å². The van der Waals surface area contributed by atoms with Gasteiger partial charge in [-0.15, -0.1) is 0 Å². The third-order valence-electron chi connectivity index (χ3n) is 8.12. The molecule has 3 fully saturated rings. The highest BCUT2D eigenvalue weighted by Gasteiger charge is 2.24. The molecule has 0 aromatic rings. The van der Waals surface area contributed by atoms with E-state index in [2.05, 4.69) is 0 Å². The molecule has 3 rings (SSSR count). The molecule has 3 aliphatic rings. The predicted molar refractivity (Wildman–Crippen MR) is 114 cm³/mol. The van der Waals surface area contributed by atoms with Crippen LogP contribution in [0.5, 0.6) is 0 Å². The van der Waals surface area contributed by atoms with E-state index in [0.717, 1.165) is 17.8 Å². The van der Waals surface area contributed by atoms with Crippen molar-refractivity contribution in [2.75, 3.05) is 0 Å². The van der Waals surface area contributed by atoms with E-state index in [1.54, 1.807) is 112 Å². The largest absolute Gasteiger partial charge is 0.261 e. The summed E-state index contributed by atoms with van der Waals surface area (Å²) in [7, 11) is 0. The Morgan fingerprint density at radius 2 is 0.680 bits per heavy atom. The second-order valence-corrected chi connectivity index (χ2v) is 13.6. The summed E-state index contributed by atoms with van der Waals surface area (Å²) in [6.07, 6.45) is 28.2. The van der Waals surface area contributed by atoms with E-state index in [-0.39, 0.29) is 0 Å². The lowest BCUT2D eigenvalue weighted by atomic mass is 9.87. The van der Waals surface area contributed by atoms with Crippen molar-refractivity contribution in [1.29, 1.82) is 0 Å². The first kappa shape index (κ1) is 20.3. The van der Waals surface area contributed by atoms with Crippen LogP contribution in [0.1, 0.15) is 116 Å². The summed E-state index contributed by atoms with van der Waals surface area (Å²) in [6.45, 7) is 0. The topological polar surface area (TPSA) is 0 Å². The Morgan fingerprint density at radius 3 is 0.960 bits per heavy atom. The highest BCUT2D eigenvalue weighted by molar-refractivity contribution is 6.58. The Labute approximate surface area is 163 Å². The molecule has 0 amide bonds. The SMILES string of the molecule is C1CCC(C[CH2][Al]([CH2]CC2CCCCC2)[CH2]CC2CCCCC2)CC1. The van der Waals surface area contributed by atoms with E-state index in [4.69, 9.17) is 0 Å². The molecular weight excluding hydrogens is 315 g/mol. The van der Waals surface area contributed by atoms with Crippen molar-refractivity contribution in [2.45, 2.75) is 131 Å². The first-order chi connectivity index (χ1) is 12.4. The molecule has 0 radical (unpaired) electrons. The molecule has 0 spiro atoms. The lowest BCUT2D eigenvalue weighted by Crippen LogP contribution is -2.19. The molecule has 0 bridgehead atoms. The molecule has 144 valence electrons. The fourth-order valence-corrected chi connectivity index (χ4v) is 9.97. The van der Waals surface area contributed by atoms with Crippen LogP contribution in [0.3, 0.4) is 0 Å². The monoisotopic (exact) mass is 360 g/mol. The minimum atomic E-state index is -0.447. The minimum absolute atomic E-state index is 0.447. The summed E-state index contributed by atoms with van der Waals surface area (Å²) >= 11 is -0.447. The maximum Gasteiger partial charge on any atom is 0.261 e. The molecule has 3 saturated carbocycles. The van der Waals surface area contributed by atoms with E-state index in [1.165, 1.54) is 19.3 Å². The molecule has 0 aliphatic heterocycles. The Morgan fingerprint density at radius 1 is 0.400 bits per heavy atom. The Kier molecular flexibility index (Phi) is 9.80. The van der Waals surface area contributed by atoms with Gasteiger partial charge in [0.1, 0.15) is 0 Å². The molecular formula is C24H45Al. The number of hydrogen-bond donors (Lipinski definition) is 0. The average Bonchev–Trinajstić information content (AvgIpc) is 2.70. The first-order valence-electron chi connectivity index (χ1n) is 12.4. The zero-order valence-corrected chi connectivity index (χ0v) is 18.3. The highest BCUT2D eigenvalue weighted by atomic mass is 27.2. The van der Waals surface area contributed by atoms with Gasteiger partial charge in [-0.25, -0.2) is 0 Å². The van der Waals surface area contributed by atoms with Crippen LogP contribution >= 0.6 is 0 Å². The van der Waals surface area contributed by atoms with Crippen LogP contribution in [0.4, 0.5) is 0 Å². The van der Waals surface area contributed by atoms with E-state index in [1.807, 2.05) is 0 Å². The zero-order chi connectivity index (χ0) is 17.2. The van der Waals surface area contributed by atoms with E-state index in [0.29, 0.717) is 0 Å². The maximum absolute atomic E-state index is 1.71. The minimum Gasteiger partial charge on any atom is -0.0936 e. The maximum atomic E-state index is 1.71. The van der Waals surface area contributed by atoms with Gasteiger partial charge in [-0.2, -0.15) is 0 Å². The molecule has 0 atom stereocenters. The van der Waals surface area contributed by atoms with Gasteiger partial charge in [-0.3, -0.25) is 0 Å². The molecule has 25 heavy (non-hydrogen) atoms. The van der Waals surface area contributed by atoms with Crippen LogP contribution in [0.2, 0.25) is 15.8 Å². The van der Waals surface area contributed by atoms with Gasteiger partial charge < -0.3 is 0 Å². The van der Waals surface area contributed by atoms with Crippen molar-refractivity contribution >= 4 is 14.1 Å². The van der Waals surface area contributed by atoms with Crippen molar-refractivity contribution in [3.63, 3.8) is 0 Å². The molecule has 3 aliphatic carbocycles. The average molecular weight is 361 g/mol. The van der Waals surface area contributed by atoms with Crippen molar-refractivity contribution in [2.24, 2.45) is 17.8 Å². The van der Waals surface area contributed by atoms with Gasteiger partial charge >= 0.3 is 0 Å². The molecule has 0 heterocycles. The van der Waals surface area contributed by atoms with Gasteiger partial charge in [0.15, 0.2) is 0 Å². The van der Waals surface area contributed by atoms with E-state index in [9.17, 15) is 0 Å². The molecule has 0 nitrogen and oxygen atoms in total. The lowest BCUT2D eigenvalue weighted by molar-refractivity contribution is 0.340. The molecule has 0 N–H and O–H groups in total. The van der Waals surface area contributed by atoms with Crippen LogP contribution in [0.15, 0.2) is 0 Å². The lowest BCUT2D eigenvalue weighted by Gasteiger charge is -2.26. The number of hydrogen-bond acceptors (Lipinski definition) is 0. The summed E-state index contributed by atoms with van der Waals surface area (Å²) in [5.41, 5.74) is 0. The van der Waals surface area contributed by atoms with Gasteiger partial charge in [0, 0.05) is 0 Å². The molecule has 0 aromatic carbocycles.